The Morgan fingerprint density at radius 1 is 1.00 bits per heavy atom. The first-order valence-electron chi connectivity index (χ1n) is 5.23. The molecule has 114 valence electrons. The number of carbonyl (C=O) groups excluding carboxylic acids is 1. The van der Waals surface area contributed by atoms with E-state index in [0.29, 0.717) is 0 Å². The van der Waals surface area contributed by atoms with E-state index in [-0.39, 0.29) is 6.54 Å². The van der Waals surface area contributed by atoms with Crippen LogP contribution >= 0.6 is 23.0 Å². The lowest BCUT2D eigenvalue weighted by atomic mass is 10.2. The minimum Gasteiger partial charge on any atom is -0.480 e. The summed E-state index contributed by atoms with van der Waals surface area (Å²) >= 11 is 1.30. The number of nitrogens with one attached hydrogen (secondary N) is 2. The van der Waals surface area contributed by atoms with Crippen LogP contribution in [0.3, 0.4) is 0 Å². The van der Waals surface area contributed by atoms with Crippen LogP contribution in [0.25, 0.3) is 0 Å². The van der Waals surface area contributed by atoms with Crippen LogP contribution in [0.4, 0.5) is 0 Å². The van der Waals surface area contributed by atoms with Crippen LogP contribution in [0.5, 0.6) is 0 Å². The molecule has 0 aliphatic carbocycles. The summed E-state index contributed by atoms with van der Waals surface area (Å²) in [6, 6.07) is -2.63. The van der Waals surface area contributed by atoms with Gasteiger partial charge in [-0.05, 0) is 0 Å². The van der Waals surface area contributed by atoms with Crippen molar-refractivity contribution in [3.63, 3.8) is 0 Å². The first-order chi connectivity index (χ1) is 9.27. The van der Waals surface area contributed by atoms with Crippen molar-refractivity contribution in [3.05, 3.63) is 0 Å². The van der Waals surface area contributed by atoms with Crippen molar-refractivity contribution < 1.29 is 37.6 Å². The average molecular weight is 404 g/mol. The third kappa shape index (κ3) is 7.85. The third-order valence-corrected chi connectivity index (χ3v) is 2.61. The molecule has 0 saturated carbocycles. The van der Waals surface area contributed by atoms with Crippen molar-refractivity contribution >= 4 is 46.9 Å². The zero-order valence-corrected chi connectivity index (χ0v) is 12.2. The second-order valence-electron chi connectivity index (χ2n) is 3.62. The lowest BCUT2D eigenvalue weighted by Gasteiger charge is -2.17. The summed E-state index contributed by atoms with van der Waals surface area (Å²) in [4.78, 5) is 43.0. The minimum absolute atomic E-state index is 0.367. The lowest BCUT2D eigenvalue weighted by molar-refractivity contribution is -0.144. The molecule has 0 aromatic heterocycles. The maximum atomic E-state index is 11.0. The number of hydrogen-bond donors (Lipinski definition) is 5. The summed E-state index contributed by atoms with van der Waals surface area (Å²) in [6.45, 7) is -0.958. The first-order valence-corrected chi connectivity index (χ1v) is 6.11. The zero-order chi connectivity index (χ0) is 15.7. The van der Waals surface area contributed by atoms with Gasteiger partial charge in [0.25, 0.3) is 0 Å². The predicted molar refractivity (Wildman–Crippen MR) is 71.2 cm³/mol. The minimum atomic E-state index is -1.35. The van der Waals surface area contributed by atoms with E-state index in [0.717, 1.165) is 0 Å². The van der Waals surface area contributed by atoms with Crippen molar-refractivity contribution in [1.29, 1.82) is 0 Å². The number of aliphatic carboxylic acids is 3. The summed E-state index contributed by atoms with van der Waals surface area (Å²) in [5.74, 6) is -4.73. The molecule has 5 N–H and O–H groups in total. The Hall–Kier alpha value is -1.47. The number of halogens is 1. The fourth-order valence-corrected chi connectivity index (χ4v) is 1.34. The largest absolute Gasteiger partial charge is 0.480 e. The van der Waals surface area contributed by atoms with Gasteiger partial charge in [0.2, 0.25) is 0 Å². The molecule has 2 atom stereocenters. The van der Waals surface area contributed by atoms with Gasteiger partial charge in [-0.1, -0.05) is 0 Å². The van der Waals surface area contributed by atoms with Crippen LogP contribution < -0.4 is 10.6 Å². The molecule has 0 aliphatic rings. The normalized spacial score (nSPS) is 13.2. The predicted octanol–water partition coefficient (Wildman–Crippen LogP) is -1.56. The van der Waals surface area contributed by atoms with Crippen LogP contribution in [0.15, 0.2) is 0 Å². The van der Waals surface area contributed by atoms with Crippen molar-refractivity contribution in [2.75, 3.05) is 13.1 Å². The van der Waals surface area contributed by atoms with Gasteiger partial charge in [-0.15, -0.1) is 0 Å². The van der Waals surface area contributed by atoms with E-state index >= 15 is 0 Å². The topological polar surface area (TPSA) is 162 Å². The van der Waals surface area contributed by atoms with Gasteiger partial charge in [-0.3, -0.25) is 24.5 Å². The standard InChI is InChI=1S/C9H13IN2O8/c10-20-7(15)1-4(8(16)17)11-2-5(9(18)19)12-3-6(13)14/h4-5,11-12H,1-3H2,(H,13,14)(H,16,17)(H,18,19)/t4-,5+/m0/s1. The molecule has 11 heteroatoms. The molecule has 0 bridgehead atoms. The smallest absolute Gasteiger partial charge is 0.322 e. The van der Waals surface area contributed by atoms with Crippen molar-refractivity contribution in [1.82, 2.24) is 10.6 Å². The van der Waals surface area contributed by atoms with E-state index < -0.39 is 48.9 Å². The molecule has 0 heterocycles. The Bertz CT molecular complexity index is 388. The molecule has 10 nitrogen and oxygen atoms in total. The van der Waals surface area contributed by atoms with Gasteiger partial charge < -0.3 is 23.7 Å². The summed E-state index contributed by atoms with van der Waals surface area (Å²) in [5.41, 5.74) is 0. The molecular weight excluding hydrogens is 391 g/mol. The summed E-state index contributed by atoms with van der Waals surface area (Å²) in [6.07, 6.45) is -0.483. The Balaban J connectivity index is 4.47. The van der Waals surface area contributed by atoms with E-state index in [4.69, 9.17) is 15.3 Å². The van der Waals surface area contributed by atoms with Gasteiger partial charge in [0.1, 0.15) is 12.1 Å². The van der Waals surface area contributed by atoms with Crippen molar-refractivity contribution in [2.24, 2.45) is 0 Å². The molecule has 0 radical (unpaired) electrons. The van der Waals surface area contributed by atoms with Crippen LogP contribution in [0.1, 0.15) is 6.42 Å². The summed E-state index contributed by atoms with van der Waals surface area (Å²) in [5, 5.41) is 30.7. The van der Waals surface area contributed by atoms with E-state index in [1.165, 1.54) is 23.0 Å². The number of hydrogen-bond acceptors (Lipinski definition) is 7. The highest BCUT2D eigenvalue weighted by Gasteiger charge is 2.25. The molecule has 0 saturated heterocycles. The van der Waals surface area contributed by atoms with Crippen LogP contribution in [-0.2, 0) is 22.2 Å². The van der Waals surface area contributed by atoms with Gasteiger partial charge in [-0.25, -0.2) is 0 Å². The van der Waals surface area contributed by atoms with E-state index in [1.54, 1.807) is 0 Å². The monoisotopic (exact) mass is 404 g/mol. The molecule has 0 spiro atoms. The van der Waals surface area contributed by atoms with Gasteiger partial charge in [0, 0.05) is 6.54 Å². The lowest BCUT2D eigenvalue weighted by Crippen LogP contribution is -2.50. The van der Waals surface area contributed by atoms with E-state index in [9.17, 15) is 19.2 Å². The summed E-state index contributed by atoms with van der Waals surface area (Å²) in [7, 11) is 0. The van der Waals surface area contributed by atoms with Gasteiger partial charge >= 0.3 is 23.9 Å². The highest BCUT2D eigenvalue weighted by atomic mass is 127. The number of carboxylic acids is 3. The quantitative estimate of drug-likeness (QED) is 0.269. The first kappa shape index (κ1) is 18.5. The second kappa shape index (κ2) is 9.44. The fraction of sp³-hybridized carbons (Fsp3) is 0.556. The number of carboxylic acid groups (broad SMARTS) is 3. The molecule has 20 heavy (non-hydrogen) atoms. The van der Waals surface area contributed by atoms with Crippen LogP contribution in [0, 0.1) is 0 Å². The third-order valence-electron chi connectivity index (χ3n) is 2.12. The molecule has 0 fully saturated rings. The average Bonchev–Trinajstić information content (AvgIpc) is 2.35. The van der Waals surface area contributed by atoms with Gasteiger partial charge in [0.15, 0.2) is 23.0 Å². The Morgan fingerprint density at radius 2 is 1.55 bits per heavy atom. The molecular formula is C9H13IN2O8. The van der Waals surface area contributed by atoms with Gasteiger partial charge in [-0.2, -0.15) is 0 Å². The molecule has 0 aliphatic heterocycles. The Morgan fingerprint density at radius 3 is 1.95 bits per heavy atom. The number of carbonyl (C=O) groups is 4. The second-order valence-corrected chi connectivity index (χ2v) is 4.06. The fourth-order valence-electron chi connectivity index (χ4n) is 1.16. The molecule has 0 aromatic rings. The molecule has 0 rings (SSSR count). The molecule has 0 aromatic carbocycles. The van der Waals surface area contributed by atoms with Crippen LogP contribution in [-0.4, -0.2) is 64.4 Å². The Kier molecular flexibility index (Phi) is 8.74. The maximum Gasteiger partial charge on any atom is 0.322 e. The SMILES string of the molecule is O=C(O)CN[C@H](CN[C@@H](CC(=O)OI)C(=O)O)C(=O)O. The summed E-state index contributed by atoms with van der Waals surface area (Å²) < 4.78 is 4.28. The zero-order valence-electron chi connectivity index (χ0n) is 10.0. The highest BCUT2D eigenvalue weighted by molar-refractivity contribution is 14.1. The van der Waals surface area contributed by atoms with E-state index in [2.05, 4.69) is 13.7 Å². The van der Waals surface area contributed by atoms with Crippen molar-refractivity contribution in [2.45, 2.75) is 18.5 Å². The van der Waals surface area contributed by atoms with Crippen molar-refractivity contribution in [3.8, 4) is 0 Å². The van der Waals surface area contributed by atoms with E-state index in [1.807, 2.05) is 0 Å². The highest BCUT2D eigenvalue weighted by Crippen LogP contribution is 1.99. The maximum absolute atomic E-state index is 11.0. The van der Waals surface area contributed by atoms with Crippen LogP contribution in [0.2, 0.25) is 0 Å². The Labute approximate surface area is 127 Å². The van der Waals surface area contributed by atoms with Gasteiger partial charge in [0.05, 0.1) is 13.0 Å². The molecule has 0 amide bonds. The number of rotatable bonds is 10. The molecule has 0 unspecified atom stereocenters.